The molecule has 0 radical (unpaired) electrons. The average Bonchev–Trinajstić information content (AvgIpc) is 2.39. The van der Waals surface area contributed by atoms with E-state index in [4.69, 9.17) is 11.6 Å². The zero-order chi connectivity index (χ0) is 14.9. The average molecular weight is 353 g/mol. The van der Waals surface area contributed by atoms with E-state index < -0.39 is 10.0 Å². The predicted octanol–water partition coefficient (Wildman–Crippen LogP) is 2.87. The molecular weight excluding hydrogens is 331 g/mol. The highest BCUT2D eigenvalue weighted by molar-refractivity contribution is 7.89. The zero-order valence-corrected chi connectivity index (χ0v) is 14.9. The highest BCUT2D eigenvalue weighted by atomic mass is 35.5. The van der Waals surface area contributed by atoms with Crippen molar-refractivity contribution >= 4 is 34.0 Å². The van der Waals surface area contributed by atoms with Crippen LogP contribution in [0.4, 0.5) is 0 Å². The third kappa shape index (κ3) is 3.90. The molecule has 2 rings (SSSR count). The standard InChI is InChI=1S/C14H21ClN2O2S.ClH/c1-10(2)12-4-5-13(15)14(8-12)20(18,19)17-7-6-16-9-11(17)3;/h4-5,8,10-11,16H,6-7,9H2,1-3H3;1H/t11-;/m0./s1. The molecule has 120 valence electrons. The molecule has 21 heavy (non-hydrogen) atoms. The molecular formula is C14H22Cl2N2O2S. The minimum absolute atomic E-state index is 0. The normalized spacial score (nSPS) is 20.3. The zero-order valence-electron chi connectivity index (χ0n) is 12.5. The lowest BCUT2D eigenvalue weighted by Gasteiger charge is -2.33. The number of nitrogens with zero attached hydrogens (tertiary/aromatic N) is 1. The van der Waals surface area contributed by atoms with Crippen molar-refractivity contribution in [3.8, 4) is 0 Å². The maximum Gasteiger partial charge on any atom is 0.244 e. The molecule has 1 atom stereocenters. The van der Waals surface area contributed by atoms with Crippen molar-refractivity contribution < 1.29 is 8.42 Å². The van der Waals surface area contributed by atoms with Gasteiger partial charge in [-0.15, -0.1) is 12.4 Å². The van der Waals surface area contributed by atoms with Gasteiger partial charge in [-0.1, -0.05) is 31.5 Å². The fourth-order valence-electron chi connectivity index (χ4n) is 2.38. The minimum atomic E-state index is -3.54. The third-order valence-corrected chi connectivity index (χ3v) is 6.14. The van der Waals surface area contributed by atoms with Crippen LogP contribution in [0.15, 0.2) is 23.1 Å². The van der Waals surface area contributed by atoms with E-state index in [-0.39, 0.29) is 29.3 Å². The minimum Gasteiger partial charge on any atom is -0.314 e. The van der Waals surface area contributed by atoms with Gasteiger partial charge in [0.25, 0.3) is 0 Å². The first kappa shape index (κ1) is 18.7. The van der Waals surface area contributed by atoms with Gasteiger partial charge in [0.1, 0.15) is 4.90 Å². The van der Waals surface area contributed by atoms with Crippen molar-refractivity contribution in [1.29, 1.82) is 0 Å². The Bertz CT molecular complexity index is 591. The van der Waals surface area contributed by atoms with Crippen molar-refractivity contribution in [3.63, 3.8) is 0 Å². The number of hydrogen-bond donors (Lipinski definition) is 1. The summed E-state index contributed by atoms with van der Waals surface area (Å²) in [5.74, 6) is 0.265. The van der Waals surface area contributed by atoms with E-state index in [1.807, 2.05) is 26.8 Å². The fraction of sp³-hybridized carbons (Fsp3) is 0.571. The van der Waals surface area contributed by atoms with Crippen molar-refractivity contribution in [2.75, 3.05) is 19.6 Å². The Balaban J connectivity index is 0.00000220. The molecule has 0 bridgehead atoms. The van der Waals surface area contributed by atoms with Gasteiger partial charge in [-0.2, -0.15) is 4.31 Å². The van der Waals surface area contributed by atoms with Crippen molar-refractivity contribution in [1.82, 2.24) is 9.62 Å². The summed E-state index contributed by atoms with van der Waals surface area (Å²) in [6, 6.07) is 5.20. The Morgan fingerprint density at radius 2 is 2.05 bits per heavy atom. The van der Waals surface area contributed by atoms with Gasteiger partial charge in [-0.3, -0.25) is 0 Å². The SMILES string of the molecule is CC(C)c1ccc(Cl)c(S(=O)(=O)N2CCNC[C@@H]2C)c1.Cl. The van der Waals surface area contributed by atoms with Crippen LogP contribution in [-0.2, 0) is 10.0 Å². The number of hydrogen-bond acceptors (Lipinski definition) is 3. The maximum atomic E-state index is 12.8. The molecule has 1 aromatic rings. The summed E-state index contributed by atoms with van der Waals surface area (Å²) in [5.41, 5.74) is 0.982. The molecule has 7 heteroatoms. The summed E-state index contributed by atoms with van der Waals surface area (Å²) in [5, 5.41) is 3.48. The van der Waals surface area contributed by atoms with Gasteiger partial charge in [0.15, 0.2) is 0 Å². The molecule has 1 N–H and O–H groups in total. The molecule has 0 saturated carbocycles. The first-order valence-corrected chi connectivity index (χ1v) is 8.68. The summed E-state index contributed by atoms with van der Waals surface area (Å²) in [7, 11) is -3.54. The van der Waals surface area contributed by atoms with E-state index in [1.165, 1.54) is 4.31 Å². The van der Waals surface area contributed by atoms with Gasteiger partial charge in [0.05, 0.1) is 5.02 Å². The van der Waals surface area contributed by atoms with Gasteiger partial charge in [0.2, 0.25) is 10.0 Å². The molecule has 0 aromatic heterocycles. The summed E-state index contributed by atoms with van der Waals surface area (Å²) in [6.45, 7) is 7.79. The van der Waals surface area contributed by atoms with Crippen LogP contribution >= 0.6 is 24.0 Å². The van der Waals surface area contributed by atoms with Crippen molar-refractivity contribution in [3.05, 3.63) is 28.8 Å². The molecule has 1 aromatic carbocycles. The first-order valence-electron chi connectivity index (χ1n) is 6.86. The van der Waals surface area contributed by atoms with Crippen molar-refractivity contribution in [2.45, 2.75) is 37.6 Å². The second-order valence-electron chi connectivity index (χ2n) is 5.51. The second-order valence-corrected chi connectivity index (χ2v) is 7.78. The summed E-state index contributed by atoms with van der Waals surface area (Å²) >= 11 is 6.13. The summed E-state index contributed by atoms with van der Waals surface area (Å²) < 4.78 is 27.2. The number of nitrogens with one attached hydrogen (secondary N) is 1. The third-order valence-electron chi connectivity index (χ3n) is 3.65. The summed E-state index contributed by atoms with van der Waals surface area (Å²) in [4.78, 5) is 0.221. The Morgan fingerprint density at radius 1 is 1.38 bits per heavy atom. The van der Waals surface area contributed by atoms with Crippen LogP contribution in [-0.4, -0.2) is 38.4 Å². The number of rotatable bonds is 3. The van der Waals surface area contributed by atoms with Crippen LogP contribution < -0.4 is 5.32 Å². The lowest BCUT2D eigenvalue weighted by Crippen LogP contribution is -2.52. The highest BCUT2D eigenvalue weighted by Gasteiger charge is 2.32. The summed E-state index contributed by atoms with van der Waals surface area (Å²) in [6.07, 6.45) is 0. The van der Waals surface area contributed by atoms with E-state index in [2.05, 4.69) is 5.32 Å². The Labute approximate surface area is 138 Å². The molecule has 0 aliphatic carbocycles. The van der Waals surface area contributed by atoms with Crippen LogP contribution in [0, 0.1) is 0 Å². The number of piperazine rings is 1. The van der Waals surface area contributed by atoms with Crippen LogP contribution in [0.5, 0.6) is 0 Å². The van der Waals surface area contributed by atoms with Gasteiger partial charge in [-0.05, 0) is 30.5 Å². The molecule has 0 unspecified atom stereocenters. The molecule has 4 nitrogen and oxygen atoms in total. The molecule has 0 amide bonds. The smallest absolute Gasteiger partial charge is 0.244 e. The molecule has 1 aliphatic heterocycles. The number of sulfonamides is 1. The van der Waals surface area contributed by atoms with Gasteiger partial charge in [0, 0.05) is 25.7 Å². The lowest BCUT2D eigenvalue weighted by molar-refractivity contribution is 0.284. The topological polar surface area (TPSA) is 49.4 Å². The molecule has 1 aliphatic rings. The van der Waals surface area contributed by atoms with Crippen LogP contribution in [0.25, 0.3) is 0 Å². The van der Waals surface area contributed by atoms with Crippen LogP contribution in [0.1, 0.15) is 32.3 Å². The van der Waals surface area contributed by atoms with Crippen LogP contribution in [0.2, 0.25) is 5.02 Å². The second kappa shape index (κ2) is 7.29. The largest absolute Gasteiger partial charge is 0.314 e. The Morgan fingerprint density at radius 3 is 2.62 bits per heavy atom. The molecule has 1 saturated heterocycles. The Kier molecular flexibility index (Phi) is 6.50. The van der Waals surface area contributed by atoms with Gasteiger partial charge >= 0.3 is 0 Å². The Hall–Kier alpha value is -0.330. The highest BCUT2D eigenvalue weighted by Crippen LogP contribution is 2.29. The monoisotopic (exact) mass is 352 g/mol. The van der Waals surface area contributed by atoms with E-state index in [0.29, 0.717) is 24.7 Å². The van der Waals surface area contributed by atoms with E-state index in [0.717, 1.165) is 5.56 Å². The van der Waals surface area contributed by atoms with E-state index in [9.17, 15) is 8.42 Å². The van der Waals surface area contributed by atoms with Gasteiger partial charge < -0.3 is 5.32 Å². The van der Waals surface area contributed by atoms with Crippen LogP contribution in [0.3, 0.4) is 0 Å². The van der Waals surface area contributed by atoms with E-state index >= 15 is 0 Å². The van der Waals surface area contributed by atoms with Gasteiger partial charge in [-0.25, -0.2) is 8.42 Å². The first-order chi connectivity index (χ1) is 9.34. The maximum absolute atomic E-state index is 12.8. The quantitative estimate of drug-likeness (QED) is 0.909. The van der Waals surface area contributed by atoms with E-state index in [1.54, 1.807) is 12.1 Å². The predicted molar refractivity (Wildman–Crippen MR) is 89.0 cm³/mol. The molecule has 1 heterocycles. The number of benzene rings is 1. The van der Waals surface area contributed by atoms with Crippen molar-refractivity contribution in [2.24, 2.45) is 0 Å². The fourth-order valence-corrected chi connectivity index (χ4v) is 4.52. The number of halogens is 2. The molecule has 1 fully saturated rings. The lowest BCUT2D eigenvalue weighted by atomic mass is 10.0. The molecule has 0 spiro atoms.